The summed E-state index contributed by atoms with van der Waals surface area (Å²) in [6.45, 7) is 0. The number of benzene rings is 1. The zero-order valence-electron chi connectivity index (χ0n) is 10.5. The van der Waals surface area contributed by atoms with Crippen molar-refractivity contribution in [2.75, 3.05) is 5.32 Å². The molecule has 1 aromatic carbocycles. The quantitative estimate of drug-likeness (QED) is 0.808. The number of H-pyrrole nitrogens is 1. The van der Waals surface area contributed by atoms with Crippen molar-refractivity contribution in [1.29, 1.82) is 0 Å². The van der Waals surface area contributed by atoms with E-state index in [4.69, 9.17) is 0 Å². The number of aromatic amines is 1. The molecule has 1 aromatic heterocycles. The summed E-state index contributed by atoms with van der Waals surface area (Å²) in [6, 6.07) is 5.76. The summed E-state index contributed by atoms with van der Waals surface area (Å²) in [7, 11) is 0. The fourth-order valence-electron chi connectivity index (χ4n) is 3.33. The van der Waals surface area contributed by atoms with Gasteiger partial charge in [-0.15, -0.1) is 0 Å². The first-order chi connectivity index (χ1) is 9.29. The summed E-state index contributed by atoms with van der Waals surface area (Å²) in [5, 5.41) is 3.03. The Bertz CT molecular complexity index is 673. The predicted molar refractivity (Wildman–Crippen MR) is 73.6 cm³/mol. The number of carbonyl (C=O) groups is 1. The molecule has 2 bridgehead atoms. The lowest BCUT2D eigenvalue weighted by Crippen LogP contribution is -2.25. The number of fused-ring (bicyclic) bond motifs is 3. The number of rotatable bonds is 2. The molecule has 2 aromatic rings. The molecule has 19 heavy (non-hydrogen) atoms. The number of nitrogens with one attached hydrogen (secondary N) is 2. The van der Waals surface area contributed by atoms with E-state index >= 15 is 0 Å². The number of aromatic nitrogens is 2. The molecule has 2 N–H and O–H groups in total. The Balaban J connectivity index is 1.54. The molecule has 0 aliphatic heterocycles. The molecule has 2 aliphatic carbocycles. The molecule has 2 aliphatic rings. The third-order valence-electron chi connectivity index (χ3n) is 4.30. The number of imidazole rings is 1. The van der Waals surface area contributed by atoms with Crippen molar-refractivity contribution in [3.05, 3.63) is 36.7 Å². The van der Waals surface area contributed by atoms with Crippen LogP contribution in [0.4, 0.5) is 5.69 Å². The lowest BCUT2D eigenvalue weighted by Gasteiger charge is -2.17. The number of hydrogen-bond donors (Lipinski definition) is 2. The van der Waals surface area contributed by atoms with Crippen LogP contribution in [0.15, 0.2) is 36.7 Å². The number of anilines is 1. The highest BCUT2D eigenvalue weighted by atomic mass is 16.1. The summed E-state index contributed by atoms with van der Waals surface area (Å²) in [5.41, 5.74) is 2.71. The third kappa shape index (κ3) is 1.75. The minimum Gasteiger partial charge on any atom is -0.345 e. The number of nitrogens with zero attached hydrogens (tertiary/aromatic N) is 1. The van der Waals surface area contributed by atoms with Crippen LogP contribution < -0.4 is 5.32 Å². The normalized spacial score (nSPS) is 28.1. The van der Waals surface area contributed by atoms with Gasteiger partial charge in [0.05, 0.1) is 17.4 Å². The van der Waals surface area contributed by atoms with Crippen LogP contribution in [-0.4, -0.2) is 15.9 Å². The second-order valence-corrected chi connectivity index (χ2v) is 5.51. The van der Waals surface area contributed by atoms with E-state index in [1.807, 2.05) is 18.2 Å². The molecule has 4 heteroatoms. The molecule has 4 rings (SSSR count). The van der Waals surface area contributed by atoms with E-state index in [0.29, 0.717) is 11.8 Å². The highest BCUT2D eigenvalue weighted by Crippen LogP contribution is 2.43. The lowest BCUT2D eigenvalue weighted by atomic mass is 9.93. The van der Waals surface area contributed by atoms with Gasteiger partial charge in [-0.05, 0) is 42.9 Å². The van der Waals surface area contributed by atoms with Gasteiger partial charge in [0.25, 0.3) is 0 Å². The zero-order valence-corrected chi connectivity index (χ0v) is 10.5. The maximum absolute atomic E-state index is 12.3. The van der Waals surface area contributed by atoms with Gasteiger partial charge in [-0.25, -0.2) is 4.98 Å². The lowest BCUT2D eigenvalue weighted by molar-refractivity contribution is -0.120. The number of hydrogen-bond acceptors (Lipinski definition) is 2. The fraction of sp³-hybridized carbons (Fsp3) is 0.333. The zero-order chi connectivity index (χ0) is 12.8. The van der Waals surface area contributed by atoms with E-state index in [1.165, 1.54) is 0 Å². The Morgan fingerprint density at radius 2 is 2.26 bits per heavy atom. The average molecular weight is 253 g/mol. The van der Waals surface area contributed by atoms with E-state index in [2.05, 4.69) is 27.4 Å². The molecule has 0 saturated heterocycles. The van der Waals surface area contributed by atoms with Crippen molar-refractivity contribution in [2.45, 2.75) is 12.8 Å². The van der Waals surface area contributed by atoms with Crippen LogP contribution >= 0.6 is 0 Å². The molecule has 1 fully saturated rings. The van der Waals surface area contributed by atoms with Gasteiger partial charge in [0.2, 0.25) is 5.91 Å². The van der Waals surface area contributed by atoms with Crippen molar-refractivity contribution in [3.8, 4) is 0 Å². The second kappa shape index (κ2) is 3.95. The molecule has 3 unspecified atom stereocenters. The Morgan fingerprint density at radius 1 is 1.32 bits per heavy atom. The molecule has 1 heterocycles. The van der Waals surface area contributed by atoms with Gasteiger partial charge in [-0.1, -0.05) is 12.2 Å². The Kier molecular flexibility index (Phi) is 2.24. The summed E-state index contributed by atoms with van der Waals surface area (Å²) in [6.07, 6.45) is 8.27. The molecule has 1 saturated carbocycles. The van der Waals surface area contributed by atoms with Crippen molar-refractivity contribution >= 4 is 22.6 Å². The van der Waals surface area contributed by atoms with Gasteiger partial charge < -0.3 is 10.3 Å². The van der Waals surface area contributed by atoms with E-state index in [0.717, 1.165) is 29.6 Å². The molecular weight excluding hydrogens is 238 g/mol. The summed E-state index contributed by atoms with van der Waals surface area (Å²) in [5.74, 6) is 1.36. The standard InChI is InChI=1S/C15H15N3O/c19-15(12-6-9-1-2-10(12)5-9)18-11-3-4-13-14(7-11)17-8-16-13/h1-4,7-10,12H,5-6H2,(H,16,17)(H,18,19). The van der Waals surface area contributed by atoms with E-state index < -0.39 is 0 Å². The maximum atomic E-state index is 12.3. The average Bonchev–Trinajstić information content (AvgIpc) is 3.13. The molecule has 3 atom stereocenters. The van der Waals surface area contributed by atoms with Crippen molar-refractivity contribution < 1.29 is 4.79 Å². The van der Waals surface area contributed by atoms with E-state index in [-0.39, 0.29) is 11.8 Å². The van der Waals surface area contributed by atoms with Crippen molar-refractivity contribution in [1.82, 2.24) is 9.97 Å². The van der Waals surface area contributed by atoms with Gasteiger partial charge in [0, 0.05) is 11.6 Å². The molecule has 96 valence electrons. The third-order valence-corrected chi connectivity index (χ3v) is 4.30. The molecular formula is C15H15N3O. The molecule has 0 spiro atoms. The predicted octanol–water partition coefficient (Wildman–Crippen LogP) is 2.71. The number of allylic oxidation sites excluding steroid dienone is 2. The fourth-order valence-corrected chi connectivity index (χ4v) is 3.33. The van der Waals surface area contributed by atoms with Gasteiger partial charge in [-0.2, -0.15) is 0 Å². The summed E-state index contributed by atoms with van der Waals surface area (Å²) in [4.78, 5) is 19.5. The van der Waals surface area contributed by atoms with E-state index in [1.54, 1.807) is 6.33 Å². The van der Waals surface area contributed by atoms with Gasteiger partial charge in [0.15, 0.2) is 0 Å². The van der Waals surface area contributed by atoms with Crippen LogP contribution in [0.2, 0.25) is 0 Å². The first-order valence-corrected chi connectivity index (χ1v) is 6.72. The van der Waals surface area contributed by atoms with Gasteiger partial charge in [0.1, 0.15) is 0 Å². The number of amides is 1. The van der Waals surface area contributed by atoms with Crippen LogP contribution in [-0.2, 0) is 4.79 Å². The smallest absolute Gasteiger partial charge is 0.228 e. The summed E-state index contributed by atoms with van der Waals surface area (Å²) >= 11 is 0. The van der Waals surface area contributed by atoms with Crippen molar-refractivity contribution in [2.24, 2.45) is 17.8 Å². The largest absolute Gasteiger partial charge is 0.345 e. The SMILES string of the molecule is O=C(Nc1ccc2nc[nH]c2c1)C1CC2C=CC1C2. The van der Waals surface area contributed by atoms with Crippen LogP contribution in [0.1, 0.15) is 12.8 Å². The Hall–Kier alpha value is -2.10. The Morgan fingerprint density at radius 3 is 3.05 bits per heavy atom. The molecule has 0 radical (unpaired) electrons. The first kappa shape index (κ1) is 10.8. The monoisotopic (exact) mass is 253 g/mol. The minimum atomic E-state index is 0.146. The minimum absolute atomic E-state index is 0.146. The van der Waals surface area contributed by atoms with Crippen LogP contribution in [0.5, 0.6) is 0 Å². The van der Waals surface area contributed by atoms with E-state index in [9.17, 15) is 4.79 Å². The van der Waals surface area contributed by atoms with Crippen LogP contribution in [0.25, 0.3) is 11.0 Å². The highest BCUT2D eigenvalue weighted by molar-refractivity contribution is 5.95. The summed E-state index contributed by atoms with van der Waals surface area (Å²) < 4.78 is 0. The topological polar surface area (TPSA) is 57.8 Å². The van der Waals surface area contributed by atoms with Crippen LogP contribution in [0.3, 0.4) is 0 Å². The number of carbonyl (C=O) groups excluding carboxylic acids is 1. The Labute approximate surface area is 110 Å². The molecule has 4 nitrogen and oxygen atoms in total. The molecule has 1 amide bonds. The van der Waals surface area contributed by atoms with Crippen LogP contribution in [0, 0.1) is 17.8 Å². The second-order valence-electron chi connectivity index (χ2n) is 5.51. The maximum Gasteiger partial charge on any atom is 0.228 e. The highest BCUT2D eigenvalue weighted by Gasteiger charge is 2.39. The first-order valence-electron chi connectivity index (χ1n) is 6.72. The van der Waals surface area contributed by atoms with Gasteiger partial charge in [-0.3, -0.25) is 4.79 Å². The van der Waals surface area contributed by atoms with Gasteiger partial charge >= 0.3 is 0 Å². The van der Waals surface area contributed by atoms with Crippen molar-refractivity contribution in [3.63, 3.8) is 0 Å².